The molecule has 1 aliphatic rings. The first-order chi connectivity index (χ1) is 14.9. The zero-order chi connectivity index (χ0) is 22.1. The van der Waals surface area contributed by atoms with Gasteiger partial charge in [-0.3, -0.25) is 9.78 Å². The van der Waals surface area contributed by atoms with E-state index in [2.05, 4.69) is 10.3 Å². The fourth-order valence-electron chi connectivity index (χ4n) is 3.40. The maximum atomic E-state index is 12.7. The molecule has 31 heavy (non-hydrogen) atoms. The molecular weight excluding hydrogens is 410 g/mol. The van der Waals surface area contributed by atoms with E-state index in [9.17, 15) is 18.4 Å². The van der Waals surface area contributed by atoms with Crippen LogP contribution in [0.15, 0.2) is 42.6 Å². The largest absolute Gasteiger partial charge is 0.496 e. The Morgan fingerprint density at radius 2 is 2.06 bits per heavy atom. The number of nitrogens with two attached hydrogens (primary N) is 1. The Bertz CT molecular complexity index is 1190. The number of alkyl halides is 2. The number of pyridine rings is 1. The normalized spacial score (nSPS) is 13.2. The lowest BCUT2D eigenvalue weighted by Crippen LogP contribution is -2.41. The molecule has 0 unspecified atom stereocenters. The smallest absolute Gasteiger partial charge is 0.322 e. The van der Waals surface area contributed by atoms with Crippen molar-refractivity contribution in [3.8, 4) is 17.2 Å². The molecule has 1 aliphatic heterocycles. The van der Waals surface area contributed by atoms with Crippen LogP contribution >= 0.6 is 0 Å². The number of ether oxygens (including phenoxy) is 2. The molecule has 0 radical (unpaired) electrons. The van der Waals surface area contributed by atoms with Gasteiger partial charge in [0, 0.05) is 29.9 Å². The molecule has 2 aromatic carbocycles. The number of rotatable bonds is 6. The predicted octanol–water partition coefficient (Wildman–Crippen LogP) is 3.75. The topological polar surface area (TPSA) is 107 Å². The zero-order valence-electron chi connectivity index (χ0n) is 16.4. The van der Waals surface area contributed by atoms with Crippen molar-refractivity contribution >= 4 is 28.5 Å². The summed E-state index contributed by atoms with van der Waals surface area (Å²) in [5, 5.41) is 3.14. The first kappa shape index (κ1) is 20.3. The number of aromatic nitrogens is 1. The second kappa shape index (κ2) is 8.05. The van der Waals surface area contributed by atoms with Crippen LogP contribution < -0.4 is 20.5 Å². The second-order valence-corrected chi connectivity index (χ2v) is 6.87. The van der Waals surface area contributed by atoms with E-state index in [1.54, 1.807) is 42.6 Å². The van der Waals surface area contributed by atoms with Crippen LogP contribution in [0.25, 0.3) is 10.9 Å². The fourth-order valence-corrected chi connectivity index (χ4v) is 3.40. The summed E-state index contributed by atoms with van der Waals surface area (Å²) in [5.74, 6) is 0.487. The first-order valence-electron chi connectivity index (χ1n) is 9.27. The Labute approximate surface area is 175 Å². The number of methoxy groups -OCH3 is 1. The number of benzene rings is 2. The van der Waals surface area contributed by atoms with E-state index < -0.39 is 24.9 Å². The van der Waals surface area contributed by atoms with Crippen molar-refractivity contribution in [2.45, 2.75) is 13.0 Å². The number of urea groups is 1. The third-order valence-corrected chi connectivity index (χ3v) is 4.84. The van der Waals surface area contributed by atoms with Crippen LogP contribution in [0.5, 0.6) is 17.2 Å². The summed E-state index contributed by atoms with van der Waals surface area (Å²) in [6.45, 7) is -0.633. The Morgan fingerprint density at radius 1 is 1.26 bits per heavy atom. The molecule has 3 aromatic rings. The highest BCUT2D eigenvalue weighted by molar-refractivity contribution is 6.01. The molecule has 0 saturated heterocycles. The lowest BCUT2D eigenvalue weighted by molar-refractivity contribution is 0.0985. The van der Waals surface area contributed by atoms with Crippen molar-refractivity contribution in [3.63, 3.8) is 0 Å². The van der Waals surface area contributed by atoms with Gasteiger partial charge >= 0.3 is 6.03 Å². The fraction of sp³-hybridized carbons (Fsp3) is 0.190. The average molecular weight is 428 g/mol. The Balaban J connectivity index is 1.68. The SMILES string of the molecule is COc1cc2nccc(Oc3ccc4c(c3)CN(CC(F)F)C(=O)N4)c2cc1C(N)=O. The van der Waals surface area contributed by atoms with Gasteiger partial charge in [-0.25, -0.2) is 13.6 Å². The lowest BCUT2D eigenvalue weighted by atomic mass is 10.1. The minimum Gasteiger partial charge on any atom is -0.496 e. The minimum absolute atomic E-state index is 0.0306. The Kier molecular flexibility index (Phi) is 5.28. The quantitative estimate of drug-likeness (QED) is 0.622. The van der Waals surface area contributed by atoms with Gasteiger partial charge < -0.3 is 25.4 Å². The minimum atomic E-state index is -2.63. The first-order valence-corrected chi connectivity index (χ1v) is 9.27. The second-order valence-electron chi connectivity index (χ2n) is 6.87. The molecule has 8 nitrogen and oxygen atoms in total. The summed E-state index contributed by atoms with van der Waals surface area (Å²) < 4.78 is 36.7. The van der Waals surface area contributed by atoms with Crippen molar-refractivity contribution in [3.05, 3.63) is 53.7 Å². The number of nitrogens with zero attached hydrogens (tertiary/aromatic N) is 2. The molecule has 4 rings (SSSR count). The Hall–Kier alpha value is -3.95. The van der Waals surface area contributed by atoms with Crippen LogP contribution in [-0.4, -0.2) is 41.9 Å². The third-order valence-electron chi connectivity index (χ3n) is 4.84. The van der Waals surface area contributed by atoms with Gasteiger partial charge in [-0.2, -0.15) is 0 Å². The van der Waals surface area contributed by atoms with Gasteiger partial charge in [0.2, 0.25) is 0 Å². The molecule has 3 amide bonds. The van der Waals surface area contributed by atoms with E-state index in [1.165, 1.54) is 7.11 Å². The van der Waals surface area contributed by atoms with Crippen LogP contribution in [0.3, 0.4) is 0 Å². The number of amides is 3. The summed E-state index contributed by atoms with van der Waals surface area (Å²) in [6, 6.07) is 9.14. The molecule has 2 heterocycles. The van der Waals surface area contributed by atoms with Gasteiger partial charge in [0.25, 0.3) is 12.3 Å². The average Bonchev–Trinajstić information content (AvgIpc) is 2.73. The lowest BCUT2D eigenvalue weighted by Gasteiger charge is -2.29. The summed E-state index contributed by atoms with van der Waals surface area (Å²) >= 11 is 0. The summed E-state index contributed by atoms with van der Waals surface area (Å²) in [5.41, 5.74) is 7.33. The number of anilines is 1. The monoisotopic (exact) mass is 428 g/mol. The van der Waals surface area contributed by atoms with Crippen molar-refractivity contribution in [2.75, 3.05) is 19.0 Å². The molecule has 0 fully saturated rings. The maximum absolute atomic E-state index is 12.7. The zero-order valence-corrected chi connectivity index (χ0v) is 16.4. The van der Waals surface area contributed by atoms with Crippen molar-refractivity contribution < 1.29 is 27.8 Å². The van der Waals surface area contributed by atoms with Crippen molar-refractivity contribution in [1.82, 2.24) is 9.88 Å². The van der Waals surface area contributed by atoms with E-state index in [1.807, 2.05) is 0 Å². The number of nitrogens with one attached hydrogen (secondary N) is 1. The molecule has 0 aliphatic carbocycles. The van der Waals surface area contributed by atoms with E-state index in [4.69, 9.17) is 15.2 Å². The standard InChI is InChI=1S/C21H18F2N4O4/c1-30-18-8-16-13(7-14(18)20(24)28)17(4-5-25-16)31-12-2-3-15-11(6-12)9-27(10-19(22)23)21(29)26-15/h2-8,19H,9-10H2,1H3,(H2,24,28)(H,26,29). The van der Waals surface area contributed by atoms with Crippen LogP contribution in [0.1, 0.15) is 15.9 Å². The molecule has 0 bridgehead atoms. The number of carbonyl (C=O) groups excluding carboxylic acids is 2. The molecule has 1 aromatic heterocycles. The highest BCUT2D eigenvalue weighted by atomic mass is 19.3. The predicted molar refractivity (Wildman–Crippen MR) is 109 cm³/mol. The molecule has 0 saturated carbocycles. The van der Waals surface area contributed by atoms with Crippen LogP contribution in [0.2, 0.25) is 0 Å². The van der Waals surface area contributed by atoms with Gasteiger partial charge in [-0.05, 0) is 35.9 Å². The summed E-state index contributed by atoms with van der Waals surface area (Å²) in [6.07, 6.45) is -1.09. The summed E-state index contributed by atoms with van der Waals surface area (Å²) in [4.78, 5) is 29.0. The molecule has 10 heteroatoms. The van der Waals surface area contributed by atoms with Gasteiger partial charge in [0.05, 0.1) is 24.7 Å². The van der Waals surface area contributed by atoms with Gasteiger partial charge in [-0.15, -0.1) is 0 Å². The van der Waals surface area contributed by atoms with Gasteiger partial charge in [-0.1, -0.05) is 0 Å². The van der Waals surface area contributed by atoms with Gasteiger partial charge in [0.15, 0.2) is 0 Å². The number of primary amides is 1. The van der Waals surface area contributed by atoms with Crippen molar-refractivity contribution in [2.24, 2.45) is 5.73 Å². The number of hydrogen-bond acceptors (Lipinski definition) is 5. The number of fused-ring (bicyclic) bond motifs is 2. The van der Waals surface area contributed by atoms with E-state index in [-0.39, 0.29) is 12.1 Å². The number of halogens is 2. The molecule has 0 spiro atoms. The maximum Gasteiger partial charge on any atom is 0.322 e. The van der Waals surface area contributed by atoms with Crippen LogP contribution in [0.4, 0.5) is 19.3 Å². The molecule has 0 atom stereocenters. The molecule has 3 N–H and O–H groups in total. The van der Waals surface area contributed by atoms with Crippen LogP contribution in [0, 0.1) is 0 Å². The van der Waals surface area contributed by atoms with Crippen LogP contribution in [-0.2, 0) is 6.54 Å². The Morgan fingerprint density at radius 3 is 2.77 bits per heavy atom. The van der Waals surface area contributed by atoms with E-state index in [0.29, 0.717) is 39.4 Å². The molecule has 160 valence electrons. The highest BCUT2D eigenvalue weighted by Crippen LogP contribution is 2.35. The van der Waals surface area contributed by atoms with Crippen molar-refractivity contribution in [1.29, 1.82) is 0 Å². The van der Waals surface area contributed by atoms with Gasteiger partial charge in [0.1, 0.15) is 17.2 Å². The van der Waals surface area contributed by atoms with E-state index in [0.717, 1.165) is 4.90 Å². The molecular formula is C21H18F2N4O4. The van der Waals surface area contributed by atoms with E-state index >= 15 is 0 Å². The number of carbonyl (C=O) groups is 2. The highest BCUT2D eigenvalue weighted by Gasteiger charge is 2.25. The third kappa shape index (κ3) is 4.04. The number of hydrogen-bond donors (Lipinski definition) is 2. The summed E-state index contributed by atoms with van der Waals surface area (Å²) in [7, 11) is 1.43.